The molecule has 0 aliphatic heterocycles. The van der Waals surface area contributed by atoms with Crippen molar-refractivity contribution < 1.29 is 4.52 Å². The molecule has 0 fully saturated rings. The molecule has 0 amide bonds. The minimum atomic E-state index is 0.541. The van der Waals surface area contributed by atoms with E-state index in [-0.39, 0.29) is 0 Å². The number of hydrogen-bond acceptors (Lipinski definition) is 4. The molecule has 3 aromatic rings. The Hall–Kier alpha value is -2.62. The molecule has 0 saturated carbocycles. The molecule has 0 atom stereocenters. The van der Waals surface area contributed by atoms with Gasteiger partial charge in [-0.2, -0.15) is 4.98 Å². The molecular formula is C17H17N3O. The monoisotopic (exact) mass is 279 g/mol. The molecule has 0 unspecified atom stereocenters. The minimum Gasteiger partial charge on any atom is -0.380 e. The molecule has 0 aliphatic carbocycles. The third kappa shape index (κ3) is 3.11. The Balaban J connectivity index is 1.81. The van der Waals surface area contributed by atoms with E-state index in [0.29, 0.717) is 11.7 Å². The highest BCUT2D eigenvalue weighted by Gasteiger charge is 2.10. The topological polar surface area (TPSA) is 51.0 Å². The summed E-state index contributed by atoms with van der Waals surface area (Å²) in [6.07, 6.45) is 0. The van der Waals surface area contributed by atoms with E-state index in [2.05, 4.69) is 46.6 Å². The first-order valence-electron chi connectivity index (χ1n) is 6.91. The molecule has 21 heavy (non-hydrogen) atoms. The number of anilines is 1. The van der Waals surface area contributed by atoms with Gasteiger partial charge in [-0.25, -0.2) is 0 Å². The lowest BCUT2D eigenvalue weighted by Gasteiger charge is -2.09. The van der Waals surface area contributed by atoms with Gasteiger partial charge in [0.2, 0.25) is 0 Å². The van der Waals surface area contributed by atoms with Crippen molar-refractivity contribution in [2.45, 2.75) is 20.4 Å². The quantitative estimate of drug-likeness (QED) is 0.785. The normalized spacial score (nSPS) is 10.6. The van der Waals surface area contributed by atoms with Gasteiger partial charge in [0.25, 0.3) is 5.89 Å². The molecule has 106 valence electrons. The van der Waals surface area contributed by atoms with Crippen LogP contribution in [0.4, 0.5) is 5.69 Å². The SMILES string of the molecule is Cc1ccc(CNc2ccccc2-c2nc(C)no2)cc1. The zero-order chi connectivity index (χ0) is 14.7. The summed E-state index contributed by atoms with van der Waals surface area (Å²) in [6, 6.07) is 16.4. The Bertz CT molecular complexity index is 732. The molecule has 3 rings (SSSR count). The fourth-order valence-corrected chi connectivity index (χ4v) is 2.13. The van der Waals surface area contributed by atoms with Gasteiger partial charge < -0.3 is 9.84 Å². The van der Waals surface area contributed by atoms with Crippen molar-refractivity contribution in [3.8, 4) is 11.5 Å². The van der Waals surface area contributed by atoms with Crippen molar-refractivity contribution in [3.63, 3.8) is 0 Å². The molecular weight excluding hydrogens is 262 g/mol. The van der Waals surface area contributed by atoms with E-state index in [9.17, 15) is 0 Å². The third-order valence-corrected chi connectivity index (χ3v) is 3.29. The Morgan fingerprint density at radius 2 is 1.76 bits per heavy atom. The molecule has 1 heterocycles. The standard InChI is InChI=1S/C17H17N3O/c1-12-7-9-14(10-8-12)11-18-16-6-4-3-5-15(16)17-19-13(2)20-21-17/h3-10,18H,11H2,1-2H3. The smallest absolute Gasteiger partial charge is 0.260 e. The number of aromatic nitrogens is 2. The van der Waals surface area contributed by atoms with Crippen molar-refractivity contribution >= 4 is 5.69 Å². The Kier molecular flexibility index (Phi) is 3.69. The van der Waals surface area contributed by atoms with Gasteiger partial charge in [0.15, 0.2) is 5.82 Å². The van der Waals surface area contributed by atoms with Crippen LogP contribution in [-0.2, 0) is 6.54 Å². The summed E-state index contributed by atoms with van der Waals surface area (Å²) in [7, 11) is 0. The van der Waals surface area contributed by atoms with Gasteiger partial charge in [-0.3, -0.25) is 0 Å². The second-order valence-corrected chi connectivity index (χ2v) is 5.03. The van der Waals surface area contributed by atoms with Crippen LogP contribution in [0, 0.1) is 13.8 Å². The largest absolute Gasteiger partial charge is 0.380 e. The summed E-state index contributed by atoms with van der Waals surface area (Å²) < 4.78 is 5.26. The number of benzene rings is 2. The first kappa shape index (κ1) is 13.4. The van der Waals surface area contributed by atoms with E-state index in [1.54, 1.807) is 0 Å². The number of aryl methyl sites for hydroxylation is 2. The molecule has 0 spiro atoms. The van der Waals surface area contributed by atoms with Gasteiger partial charge in [0, 0.05) is 12.2 Å². The maximum atomic E-state index is 5.26. The van der Waals surface area contributed by atoms with Crippen LogP contribution in [0.15, 0.2) is 53.1 Å². The second kappa shape index (κ2) is 5.79. The van der Waals surface area contributed by atoms with Gasteiger partial charge in [-0.05, 0) is 31.5 Å². The van der Waals surface area contributed by atoms with Crippen LogP contribution in [0.1, 0.15) is 17.0 Å². The number of nitrogens with one attached hydrogen (secondary N) is 1. The van der Waals surface area contributed by atoms with E-state index >= 15 is 0 Å². The second-order valence-electron chi connectivity index (χ2n) is 5.03. The van der Waals surface area contributed by atoms with Crippen molar-refractivity contribution in [2.24, 2.45) is 0 Å². The van der Waals surface area contributed by atoms with Crippen LogP contribution < -0.4 is 5.32 Å². The van der Waals surface area contributed by atoms with Crippen LogP contribution in [0.5, 0.6) is 0 Å². The molecule has 1 N–H and O–H groups in total. The summed E-state index contributed by atoms with van der Waals surface area (Å²) in [5, 5.41) is 7.28. The molecule has 0 saturated heterocycles. The van der Waals surface area contributed by atoms with E-state index in [1.165, 1.54) is 11.1 Å². The fourth-order valence-electron chi connectivity index (χ4n) is 2.13. The maximum Gasteiger partial charge on any atom is 0.260 e. The highest BCUT2D eigenvalue weighted by molar-refractivity contribution is 5.72. The van der Waals surface area contributed by atoms with E-state index in [4.69, 9.17) is 4.52 Å². The molecule has 0 bridgehead atoms. The molecule has 4 nitrogen and oxygen atoms in total. The summed E-state index contributed by atoms with van der Waals surface area (Å²) in [5.74, 6) is 1.18. The zero-order valence-corrected chi connectivity index (χ0v) is 12.1. The van der Waals surface area contributed by atoms with Crippen LogP contribution in [0.25, 0.3) is 11.5 Å². The number of para-hydroxylation sites is 1. The lowest BCUT2D eigenvalue weighted by molar-refractivity contribution is 0.426. The average molecular weight is 279 g/mol. The zero-order valence-electron chi connectivity index (χ0n) is 12.1. The predicted octanol–water partition coefficient (Wildman–Crippen LogP) is 3.97. The molecule has 0 aliphatic rings. The molecule has 4 heteroatoms. The van der Waals surface area contributed by atoms with Gasteiger partial charge >= 0.3 is 0 Å². The summed E-state index contributed by atoms with van der Waals surface area (Å²) in [5.41, 5.74) is 4.41. The van der Waals surface area contributed by atoms with E-state index in [0.717, 1.165) is 17.8 Å². The van der Waals surface area contributed by atoms with Gasteiger partial charge in [-0.1, -0.05) is 47.1 Å². The lowest BCUT2D eigenvalue weighted by Crippen LogP contribution is -2.01. The Labute approximate surface area is 123 Å². The minimum absolute atomic E-state index is 0.541. The third-order valence-electron chi connectivity index (χ3n) is 3.29. The highest BCUT2D eigenvalue weighted by atomic mass is 16.5. The lowest BCUT2D eigenvalue weighted by atomic mass is 10.1. The Morgan fingerprint density at radius 3 is 2.48 bits per heavy atom. The van der Waals surface area contributed by atoms with Crippen molar-refractivity contribution in [1.29, 1.82) is 0 Å². The van der Waals surface area contributed by atoms with Crippen molar-refractivity contribution in [2.75, 3.05) is 5.32 Å². The summed E-state index contributed by atoms with van der Waals surface area (Å²) >= 11 is 0. The van der Waals surface area contributed by atoms with E-state index < -0.39 is 0 Å². The average Bonchev–Trinajstić information content (AvgIpc) is 2.93. The van der Waals surface area contributed by atoms with Crippen LogP contribution in [0.3, 0.4) is 0 Å². The Morgan fingerprint density at radius 1 is 1.00 bits per heavy atom. The van der Waals surface area contributed by atoms with Crippen LogP contribution in [0.2, 0.25) is 0 Å². The predicted molar refractivity (Wildman–Crippen MR) is 83.0 cm³/mol. The van der Waals surface area contributed by atoms with E-state index in [1.807, 2.05) is 31.2 Å². The number of rotatable bonds is 4. The van der Waals surface area contributed by atoms with Crippen molar-refractivity contribution in [1.82, 2.24) is 10.1 Å². The molecule has 0 radical (unpaired) electrons. The molecule has 2 aromatic carbocycles. The van der Waals surface area contributed by atoms with Gasteiger partial charge in [0.1, 0.15) is 0 Å². The number of nitrogens with zero attached hydrogens (tertiary/aromatic N) is 2. The number of hydrogen-bond donors (Lipinski definition) is 1. The first-order chi connectivity index (χ1) is 10.2. The highest BCUT2D eigenvalue weighted by Crippen LogP contribution is 2.26. The van der Waals surface area contributed by atoms with Gasteiger partial charge in [0.05, 0.1) is 5.56 Å². The first-order valence-corrected chi connectivity index (χ1v) is 6.91. The van der Waals surface area contributed by atoms with Crippen molar-refractivity contribution in [3.05, 3.63) is 65.5 Å². The summed E-state index contributed by atoms with van der Waals surface area (Å²) in [4.78, 5) is 4.29. The van der Waals surface area contributed by atoms with Crippen LogP contribution >= 0.6 is 0 Å². The maximum absolute atomic E-state index is 5.26. The van der Waals surface area contributed by atoms with Gasteiger partial charge in [-0.15, -0.1) is 0 Å². The van der Waals surface area contributed by atoms with Crippen LogP contribution in [-0.4, -0.2) is 10.1 Å². The fraction of sp³-hybridized carbons (Fsp3) is 0.176. The molecule has 1 aromatic heterocycles. The summed E-state index contributed by atoms with van der Waals surface area (Å²) in [6.45, 7) is 4.66.